The van der Waals surface area contributed by atoms with E-state index in [-0.39, 0.29) is 17.3 Å². The van der Waals surface area contributed by atoms with Gasteiger partial charge < -0.3 is 15.0 Å². The van der Waals surface area contributed by atoms with Gasteiger partial charge in [-0.2, -0.15) is 4.31 Å². The van der Waals surface area contributed by atoms with Crippen LogP contribution in [-0.2, 0) is 26.2 Å². The monoisotopic (exact) mass is 523 g/mol. The maximum Gasteiger partial charge on any atom is 0.243 e. The number of nitrogens with one attached hydrogen (secondary N) is 1. The molecule has 8 nitrogen and oxygen atoms in total. The van der Waals surface area contributed by atoms with Gasteiger partial charge in [-0.1, -0.05) is 30.7 Å². The Morgan fingerprint density at radius 3 is 2.11 bits per heavy atom. The summed E-state index contributed by atoms with van der Waals surface area (Å²) in [5.41, 5.74) is 0.290. The number of carbonyl (C=O) groups excluding carboxylic acids is 2. The van der Waals surface area contributed by atoms with Crippen molar-refractivity contribution in [3.63, 3.8) is 0 Å². The summed E-state index contributed by atoms with van der Waals surface area (Å²) in [6, 6.07) is 12.1. The van der Waals surface area contributed by atoms with Gasteiger partial charge in [-0.3, -0.25) is 9.59 Å². The molecular formula is C25H34ClN3O5S. The van der Waals surface area contributed by atoms with Crippen molar-refractivity contribution in [2.45, 2.75) is 57.1 Å². The van der Waals surface area contributed by atoms with Gasteiger partial charge in [-0.15, -0.1) is 0 Å². The maximum atomic E-state index is 13.5. The van der Waals surface area contributed by atoms with E-state index in [2.05, 4.69) is 5.32 Å². The molecule has 2 rings (SSSR count). The largest absolute Gasteiger partial charge is 0.497 e. The third-order valence-corrected chi connectivity index (χ3v) is 7.35. The molecule has 0 fully saturated rings. The van der Waals surface area contributed by atoms with E-state index in [1.807, 2.05) is 39.8 Å². The summed E-state index contributed by atoms with van der Waals surface area (Å²) in [6.07, 6.45) is 0.359. The number of carbonyl (C=O) groups is 2. The predicted octanol–water partition coefficient (Wildman–Crippen LogP) is 3.69. The van der Waals surface area contributed by atoms with E-state index in [4.69, 9.17) is 16.3 Å². The zero-order chi connectivity index (χ0) is 26.4. The molecule has 0 aliphatic heterocycles. The van der Waals surface area contributed by atoms with E-state index in [0.717, 1.165) is 9.87 Å². The fourth-order valence-electron chi connectivity index (χ4n) is 3.45. The lowest BCUT2D eigenvalue weighted by atomic mass is 10.1. The van der Waals surface area contributed by atoms with Crippen molar-refractivity contribution in [3.05, 3.63) is 59.1 Å². The minimum atomic E-state index is -3.94. The summed E-state index contributed by atoms with van der Waals surface area (Å²) in [5, 5.41) is 3.33. The zero-order valence-electron chi connectivity index (χ0n) is 21.0. The van der Waals surface area contributed by atoms with Gasteiger partial charge in [0.05, 0.1) is 18.6 Å². The van der Waals surface area contributed by atoms with Crippen LogP contribution in [0.5, 0.6) is 5.75 Å². The Morgan fingerprint density at radius 2 is 1.63 bits per heavy atom. The van der Waals surface area contributed by atoms with Crippen molar-refractivity contribution in [3.8, 4) is 5.75 Å². The van der Waals surface area contributed by atoms with E-state index in [9.17, 15) is 18.0 Å². The highest BCUT2D eigenvalue weighted by Crippen LogP contribution is 2.20. The third-order valence-electron chi connectivity index (χ3n) is 5.28. The Hall–Kier alpha value is -2.62. The van der Waals surface area contributed by atoms with Crippen molar-refractivity contribution in [2.75, 3.05) is 20.7 Å². The van der Waals surface area contributed by atoms with Crippen molar-refractivity contribution in [1.29, 1.82) is 0 Å². The summed E-state index contributed by atoms with van der Waals surface area (Å²) < 4.78 is 32.2. The van der Waals surface area contributed by atoms with Crippen LogP contribution in [0.4, 0.5) is 0 Å². The van der Waals surface area contributed by atoms with Crippen LogP contribution in [0.2, 0.25) is 5.02 Å². The smallest absolute Gasteiger partial charge is 0.243 e. The Bertz CT molecular complexity index is 1110. The number of hydrogen-bond donors (Lipinski definition) is 1. The van der Waals surface area contributed by atoms with Crippen molar-refractivity contribution in [1.82, 2.24) is 14.5 Å². The molecule has 0 bridgehead atoms. The standard InChI is InChI=1S/C25H34ClN3O5S/c1-7-22(24(31)27-25(2,3)4)29(16-18-8-12-20(34-6)13-9-18)23(30)17-28(5)35(32,33)21-14-10-19(26)11-15-21/h8-15,22H,7,16-17H2,1-6H3,(H,27,31)/t22-/m1/s1. The van der Waals surface area contributed by atoms with Crippen molar-refractivity contribution in [2.24, 2.45) is 0 Å². The van der Waals surface area contributed by atoms with Crippen LogP contribution in [0.3, 0.4) is 0 Å². The van der Waals surface area contributed by atoms with E-state index in [0.29, 0.717) is 17.2 Å². The highest BCUT2D eigenvalue weighted by atomic mass is 35.5. The number of halogens is 1. The molecule has 0 aromatic heterocycles. The Labute approximate surface area is 213 Å². The molecule has 0 aliphatic rings. The van der Waals surface area contributed by atoms with E-state index < -0.39 is 34.1 Å². The van der Waals surface area contributed by atoms with Gasteiger partial charge in [0.15, 0.2) is 0 Å². The summed E-state index contributed by atoms with van der Waals surface area (Å²) in [4.78, 5) is 28.0. The van der Waals surface area contributed by atoms with Crippen LogP contribution in [0, 0.1) is 0 Å². The molecule has 1 atom stereocenters. The van der Waals surface area contributed by atoms with Gasteiger partial charge in [0.2, 0.25) is 21.8 Å². The first kappa shape index (κ1) is 28.6. The Kier molecular flexibility index (Phi) is 9.71. The molecule has 35 heavy (non-hydrogen) atoms. The number of hydrogen-bond acceptors (Lipinski definition) is 5. The Balaban J connectivity index is 2.34. The average molecular weight is 524 g/mol. The second kappa shape index (κ2) is 11.9. The normalized spacial score (nSPS) is 12.8. The second-order valence-electron chi connectivity index (χ2n) is 9.25. The van der Waals surface area contributed by atoms with Crippen LogP contribution in [0.1, 0.15) is 39.7 Å². The van der Waals surface area contributed by atoms with Gasteiger partial charge in [0, 0.05) is 24.2 Å². The minimum absolute atomic E-state index is 0.0245. The third kappa shape index (κ3) is 7.95. The summed E-state index contributed by atoms with van der Waals surface area (Å²) in [6.45, 7) is 7.10. The van der Waals surface area contributed by atoms with Gasteiger partial charge in [-0.25, -0.2) is 8.42 Å². The topological polar surface area (TPSA) is 96.0 Å². The SMILES string of the molecule is CC[C@H](C(=O)NC(C)(C)C)N(Cc1ccc(OC)cc1)C(=O)CN(C)S(=O)(=O)c1ccc(Cl)cc1. The number of sulfonamides is 1. The number of amides is 2. The predicted molar refractivity (Wildman–Crippen MR) is 137 cm³/mol. The van der Waals surface area contributed by atoms with E-state index in [1.54, 1.807) is 19.2 Å². The molecule has 2 amide bonds. The quantitative estimate of drug-likeness (QED) is 0.512. The number of benzene rings is 2. The minimum Gasteiger partial charge on any atom is -0.497 e. The summed E-state index contributed by atoms with van der Waals surface area (Å²) in [7, 11) is -1.04. The number of ether oxygens (including phenoxy) is 1. The molecule has 192 valence electrons. The second-order valence-corrected chi connectivity index (χ2v) is 11.7. The van der Waals surface area contributed by atoms with Crippen LogP contribution in [0.15, 0.2) is 53.4 Å². The van der Waals surface area contributed by atoms with Crippen molar-refractivity contribution >= 4 is 33.4 Å². The lowest BCUT2D eigenvalue weighted by molar-refractivity contribution is -0.142. The number of likely N-dealkylation sites (N-methyl/N-ethyl adjacent to an activating group) is 1. The first-order valence-electron chi connectivity index (χ1n) is 11.2. The first-order chi connectivity index (χ1) is 16.3. The van der Waals surface area contributed by atoms with Crippen LogP contribution >= 0.6 is 11.6 Å². The van der Waals surface area contributed by atoms with Crippen LogP contribution < -0.4 is 10.1 Å². The number of rotatable bonds is 10. The molecule has 0 saturated carbocycles. The lowest BCUT2D eigenvalue weighted by Crippen LogP contribution is -2.55. The molecule has 1 N–H and O–H groups in total. The highest BCUT2D eigenvalue weighted by molar-refractivity contribution is 7.89. The Morgan fingerprint density at radius 1 is 1.06 bits per heavy atom. The molecule has 0 heterocycles. The van der Waals surface area contributed by atoms with Gasteiger partial charge in [-0.05, 0) is 69.2 Å². The van der Waals surface area contributed by atoms with Crippen molar-refractivity contribution < 1.29 is 22.7 Å². The molecule has 0 spiro atoms. The van der Waals surface area contributed by atoms with Crippen LogP contribution in [0.25, 0.3) is 0 Å². The molecule has 0 saturated heterocycles. The lowest BCUT2D eigenvalue weighted by Gasteiger charge is -2.34. The summed E-state index contributed by atoms with van der Waals surface area (Å²) >= 11 is 5.87. The van der Waals surface area contributed by atoms with Gasteiger partial charge >= 0.3 is 0 Å². The van der Waals surface area contributed by atoms with E-state index in [1.165, 1.54) is 36.2 Å². The summed E-state index contributed by atoms with van der Waals surface area (Å²) in [5.74, 6) is -0.125. The molecule has 2 aromatic carbocycles. The average Bonchev–Trinajstić information content (AvgIpc) is 2.78. The van der Waals surface area contributed by atoms with Crippen LogP contribution in [-0.4, -0.2) is 61.7 Å². The zero-order valence-corrected chi connectivity index (χ0v) is 22.6. The van der Waals surface area contributed by atoms with Gasteiger partial charge in [0.25, 0.3) is 0 Å². The van der Waals surface area contributed by atoms with Gasteiger partial charge in [0.1, 0.15) is 11.8 Å². The molecular weight excluding hydrogens is 490 g/mol. The number of methoxy groups -OCH3 is 1. The fourth-order valence-corrected chi connectivity index (χ4v) is 4.70. The molecule has 10 heteroatoms. The molecule has 0 aliphatic carbocycles. The first-order valence-corrected chi connectivity index (χ1v) is 13.1. The fraction of sp³-hybridized carbons (Fsp3) is 0.440. The molecule has 0 radical (unpaired) electrons. The van der Waals surface area contributed by atoms with E-state index >= 15 is 0 Å². The molecule has 2 aromatic rings. The highest BCUT2D eigenvalue weighted by Gasteiger charge is 2.33. The molecule has 0 unspecified atom stereocenters. The maximum absolute atomic E-state index is 13.5. The number of nitrogens with zero attached hydrogens (tertiary/aromatic N) is 2.